The summed E-state index contributed by atoms with van der Waals surface area (Å²) in [6.07, 6.45) is 3.72. The van der Waals surface area contributed by atoms with Crippen molar-refractivity contribution in [2.45, 2.75) is 25.7 Å². The quantitative estimate of drug-likeness (QED) is 0.223. The molecule has 142 valence electrons. The maximum Gasteiger partial charge on any atom is 0.303 e. The molecule has 0 radical (unpaired) electrons. The zero-order valence-electron chi connectivity index (χ0n) is 14.9. The van der Waals surface area contributed by atoms with Gasteiger partial charge < -0.3 is 22.4 Å². The number of hydrogen-bond acceptors (Lipinski definition) is 7. The lowest BCUT2D eigenvalue weighted by Gasteiger charge is -2.15. The molecule has 0 fully saturated rings. The Bertz CT molecular complexity index is 847. The van der Waals surface area contributed by atoms with E-state index in [0.29, 0.717) is 23.1 Å². The summed E-state index contributed by atoms with van der Waals surface area (Å²) < 4.78 is 0. The second kappa shape index (κ2) is 9.44. The van der Waals surface area contributed by atoms with Crippen molar-refractivity contribution < 1.29 is 14.7 Å². The number of aromatic nitrogens is 1. The molecule has 0 aliphatic carbocycles. The van der Waals surface area contributed by atoms with Crippen LogP contribution in [0.3, 0.4) is 0 Å². The number of ketones is 1. The summed E-state index contributed by atoms with van der Waals surface area (Å²) in [6.45, 7) is 0.200. The predicted octanol–water partition coefficient (Wildman–Crippen LogP) is 1.10. The van der Waals surface area contributed by atoms with Gasteiger partial charge in [-0.1, -0.05) is 24.3 Å². The number of nitrogen functional groups attached to an aromatic ring is 1. The van der Waals surface area contributed by atoms with E-state index < -0.39 is 5.97 Å². The topological polar surface area (TPSA) is 158 Å². The smallest absolute Gasteiger partial charge is 0.303 e. The summed E-state index contributed by atoms with van der Waals surface area (Å²) in [4.78, 5) is 27.8. The Morgan fingerprint density at radius 3 is 2.48 bits per heavy atom. The van der Waals surface area contributed by atoms with Crippen molar-refractivity contribution in [3.63, 3.8) is 0 Å². The van der Waals surface area contributed by atoms with Gasteiger partial charge in [0.15, 0.2) is 5.78 Å². The van der Waals surface area contributed by atoms with Gasteiger partial charge in [-0.2, -0.15) is 5.10 Å². The average Bonchev–Trinajstić information content (AvgIpc) is 2.63. The van der Waals surface area contributed by atoms with Crippen molar-refractivity contribution in [2.24, 2.45) is 16.7 Å². The number of aliphatic carboxylic acids is 1. The van der Waals surface area contributed by atoms with Crippen molar-refractivity contribution in [3.8, 4) is 0 Å². The second-order valence-electron chi connectivity index (χ2n) is 6.07. The van der Waals surface area contributed by atoms with Gasteiger partial charge >= 0.3 is 5.97 Å². The zero-order chi connectivity index (χ0) is 19.8. The van der Waals surface area contributed by atoms with E-state index in [1.165, 1.54) is 6.21 Å². The fraction of sp³-hybridized carbons (Fsp3) is 0.263. The van der Waals surface area contributed by atoms with Gasteiger partial charge in [0, 0.05) is 30.2 Å². The summed E-state index contributed by atoms with van der Waals surface area (Å²) in [7, 11) is 0. The molecule has 1 heterocycles. The third-order valence-corrected chi connectivity index (χ3v) is 4.13. The monoisotopic (exact) mass is 369 g/mol. The molecule has 1 aromatic carbocycles. The van der Waals surface area contributed by atoms with Crippen molar-refractivity contribution in [1.29, 1.82) is 0 Å². The van der Waals surface area contributed by atoms with Crippen LogP contribution in [0.2, 0.25) is 0 Å². The highest BCUT2D eigenvalue weighted by atomic mass is 16.4. The molecule has 0 spiro atoms. The first kappa shape index (κ1) is 20.1. The molecule has 0 aliphatic heterocycles. The number of pyridine rings is 1. The summed E-state index contributed by atoms with van der Waals surface area (Å²) in [5, 5.41) is 12.5. The maximum atomic E-state index is 12.7. The number of benzene rings is 1. The van der Waals surface area contributed by atoms with E-state index in [2.05, 4.69) is 10.1 Å². The molecule has 2 rings (SSSR count). The first-order valence-electron chi connectivity index (χ1n) is 8.49. The Morgan fingerprint density at radius 2 is 1.89 bits per heavy atom. The van der Waals surface area contributed by atoms with E-state index in [-0.39, 0.29) is 37.4 Å². The van der Waals surface area contributed by atoms with Gasteiger partial charge in [0.25, 0.3) is 0 Å². The highest BCUT2D eigenvalue weighted by Crippen LogP contribution is 2.25. The Morgan fingerprint density at radius 1 is 1.19 bits per heavy atom. The molecule has 27 heavy (non-hydrogen) atoms. The van der Waals surface area contributed by atoms with Crippen LogP contribution in [0.25, 0.3) is 0 Å². The Hall–Kier alpha value is -3.26. The number of Topliss-reactive ketones (excluding diaryl/α,β-unsaturated/α-hetero) is 1. The molecule has 0 bridgehead atoms. The van der Waals surface area contributed by atoms with E-state index in [1.807, 2.05) is 24.3 Å². The maximum absolute atomic E-state index is 12.7. The third-order valence-electron chi connectivity index (χ3n) is 4.13. The third kappa shape index (κ3) is 5.35. The van der Waals surface area contributed by atoms with Crippen LogP contribution >= 0.6 is 0 Å². The number of rotatable bonds is 9. The van der Waals surface area contributed by atoms with Crippen LogP contribution in [0.4, 0.5) is 5.82 Å². The molecule has 8 heteroatoms. The molecule has 1 aromatic heterocycles. The van der Waals surface area contributed by atoms with Crippen molar-refractivity contribution in [2.75, 3.05) is 12.3 Å². The van der Waals surface area contributed by atoms with Crippen LogP contribution < -0.4 is 17.3 Å². The van der Waals surface area contributed by atoms with Gasteiger partial charge in [-0.3, -0.25) is 9.59 Å². The van der Waals surface area contributed by atoms with Gasteiger partial charge in [0.05, 0.1) is 6.21 Å². The number of carbonyl (C=O) groups is 2. The first-order chi connectivity index (χ1) is 13.0. The molecule has 2 aromatic rings. The second-order valence-corrected chi connectivity index (χ2v) is 6.07. The minimum Gasteiger partial charge on any atom is -0.481 e. The van der Waals surface area contributed by atoms with Gasteiger partial charge in [0.1, 0.15) is 5.82 Å². The number of anilines is 1. The van der Waals surface area contributed by atoms with Crippen LogP contribution in [-0.2, 0) is 17.6 Å². The van der Waals surface area contributed by atoms with Crippen LogP contribution in [0.15, 0.2) is 35.6 Å². The molecule has 0 saturated carbocycles. The minimum atomic E-state index is -0.964. The van der Waals surface area contributed by atoms with Crippen LogP contribution in [-0.4, -0.2) is 34.6 Å². The lowest BCUT2D eigenvalue weighted by atomic mass is 9.91. The lowest BCUT2D eigenvalue weighted by molar-refractivity contribution is -0.136. The van der Waals surface area contributed by atoms with E-state index in [9.17, 15) is 9.59 Å². The van der Waals surface area contributed by atoms with Crippen molar-refractivity contribution >= 4 is 23.8 Å². The number of carboxylic acid groups (broad SMARTS) is 1. The first-order valence-corrected chi connectivity index (χ1v) is 8.49. The van der Waals surface area contributed by atoms with Gasteiger partial charge in [-0.25, -0.2) is 4.98 Å². The largest absolute Gasteiger partial charge is 0.481 e. The minimum absolute atomic E-state index is 0.134. The highest BCUT2D eigenvalue weighted by molar-refractivity contribution is 6.00. The molecular formula is C19H23N5O3. The number of hydrazone groups is 1. The van der Waals surface area contributed by atoms with Crippen molar-refractivity contribution in [1.82, 2.24) is 4.98 Å². The van der Waals surface area contributed by atoms with Crippen LogP contribution in [0.5, 0.6) is 0 Å². The molecule has 0 atom stereocenters. The normalized spacial score (nSPS) is 11.0. The molecule has 0 amide bonds. The number of hydrogen-bond donors (Lipinski definition) is 4. The highest BCUT2D eigenvalue weighted by Gasteiger charge is 2.20. The number of nitrogens with zero attached hydrogens (tertiary/aromatic N) is 2. The molecule has 7 N–H and O–H groups in total. The van der Waals surface area contributed by atoms with E-state index >= 15 is 0 Å². The number of carboxylic acids is 1. The van der Waals surface area contributed by atoms with Crippen molar-refractivity contribution in [3.05, 3.63) is 58.3 Å². The van der Waals surface area contributed by atoms with Crippen LogP contribution in [0, 0.1) is 0 Å². The Labute approximate surface area is 157 Å². The Kier molecular flexibility index (Phi) is 7.01. The molecule has 8 nitrogen and oxygen atoms in total. The zero-order valence-corrected chi connectivity index (χ0v) is 14.9. The standard InChI is InChI=1S/C19H23N5O3/c20-8-7-16(25)18-14(9-12-1-3-13(4-2-12)10-24-22)11-23-19(21)15(18)5-6-17(26)27/h1-4,10-11H,5-9,20,22H2,(H2,21,23)(H,26,27). The Balaban J connectivity index is 2.42. The number of carbonyl (C=O) groups excluding carboxylic acids is 1. The average molecular weight is 369 g/mol. The van der Waals surface area contributed by atoms with E-state index in [4.69, 9.17) is 22.4 Å². The number of nitrogens with two attached hydrogens (primary N) is 3. The van der Waals surface area contributed by atoms with E-state index in [0.717, 1.165) is 11.1 Å². The fourth-order valence-electron chi connectivity index (χ4n) is 2.86. The summed E-state index contributed by atoms with van der Waals surface area (Å²) in [5.41, 5.74) is 14.9. The molecule has 0 saturated heterocycles. The molecular weight excluding hydrogens is 346 g/mol. The predicted molar refractivity (Wildman–Crippen MR) is 104 cm³/mol. The van der Waals surface area contributed by atoms with Gasteiger partial charge in [-0.05, 0) is 36.1 Å². The van der Waals surface area contributed by atoms with Crippen LogP contribution in [0.1, 0.15) is 45.5 Å². The summed E-state index contributed by atoms with van der Waals surface area (Å²) in [5.74, 6) is 4.20. The van der Waals surface area contributed by atoms with E-state index in [1.54, 1.807) is 6.20 Å². The molecule has 0 aliphatic rings. The summed E-state index contributed by atoms with van der Waals surface area (Å²) >= 11 is 0. The van der Waals surface area contributed by atoms with Gasteiger partial charge in [-0.15, -0.1) is 0 Å². The molecule has 0 unspecified atom stereocenters. The lowest BCUT2D eigenvalue weighted by Crippen LogP contribution is -2.16. The SMILES string of the molecule is NCCC(=O)c1c(Cc2ccc(C=NN)cc2)cnc(N)c1CCC(=O)O. The fourth-order valence-corrected chi connectivity index (χ4v) is 2.86. The summed E-state index contributed by atoms with van der Waals surface area (Å²) in [6, 6.07) is 7.54. The van der Waals surface area contributed by atoms with Gasteiger partial charge in [0.2, 0.25) is 0 Å².